The van der Waals surface area contributed by atoms with Gasteiger partial charge in [0, 0.05) is 17.9 Å². The van der Waals surface area contributed by atoms with Gasteiger partial charge in [-0.15, -0.1) is 10.2 Å². The van der Waals surface area contributed by atoms with Crippen LogP contribution in [0.1, 0.15) is 28.1 Å². The number of nitriles is 1. The third kappa shape index (κ3) is 4.39. The van der Waals surface area contributed by atoms with E-state index >= 15 is 0 Å². The molecule has 0 atom stereocenters. The first-order chi connectivity index (χ1) is 14.2. The predicted molar refractivity (Wildman–Crippen MR) is 116 cm³/mol. The van der Waals surface area contributed by atoms with Gasteiger partial charge < -0.3 is 0 Å². The molecule has 1 aromatic heterocycles. The number of hydrogen-bond acceptors (Lipinski definition) is 4. The fourth-order valence-corrected chi connectivity index (χ4v) is 4.19. The highest BCUT2D eigenvalue weighted by Gasteiger charge is 2.16. The summed E-state index contributed by atoms with van der Waals surface area (Å²) in [5, 5.41) is 19.2. The monoisotopic (exact) mass is 396 g/mol. The summed E-state index contributed by atoms with van der Waals surface area (Å²) >= 11 is 1.60. The molecule has 5 heteroatoms. The predicted octanol–water partition coefficient (Wildman–Crippen LogP) is 5.33. The third-order valence-corrected chi connectivity index (χ3v) is 5.64. The first-order valence-electron chi connectivity index (χ1n) is 9.40. The summed E-state index contributed by atoms with van der Waals surface area (Å²) in [6.45, 7) is 2.08. The SMILES string of the molecule is Cc1cccc(-n2c(Cc3ccccc3)nnc2SCc2ccccc2C#N)c1. The number of hydrogen-bond donors (Lipinski definition) is 0. The molecule has 0 bridgehead atoms. The van der Waals surface area contributed by atoms with E-state index in [9.17, 15) is 5.26 Å². The minimum atomic E-state index is 0.666. The molecule has 0 unspecified atom stereocenters. The molecule has 0 spiro atoms. The van der Waals surface area contributed by atoms with Gasteiger partial charge in [-0.2, -0.15) is 5.26 Å². The van der Waals surface area contributed by atoms with Crippen molar-refractivity contribution in [3.05, 3.63) is 107 Å². The summed E-state index contributed by atoms with van der Waals surface area (Å²) in [5.74, 6) is 1.57. The van der Waals surface area contributed by atoms with Gasteiger partial charge in [-0.3, -0.25) is 4.57 Å². The molecule has 0 fully saturated rings. The molecule has 0 saturated heterocycles. The van der Waals surface area contributed by atoms with Gasteiger partial charge in [0.25, 0.3) is 0 Å². The van der Waals surface area contributed by atoms with E-state index in [-0.39, 0.29) is 0 Å². The van der Waals surface area contributed by atoms with Crippen molar-refractivity contribution in [2.45, 2.75) is 24.3 Å². The highest BCUT2D eigenvalue weighted by Crippen LogP contribution is 2.27. The maximum Gasteiger partial charge on any atom is 0.196 e. The van der Waals surface area contributed by atoms with Gasteiger partial charge in [0.05, 0.1) is 11.6 Å². The van der Waals surface area contributed by atoms with E-state index in [1.165, 1.54) is 11.1 Å². The standard InChI is InChI=1S/C24H20N4S/c1-18-8-7-13-22(14-18)28-23(15-19-9-3-2-4-10-19)26-27-24(28)29-17-21-12-6-5-11-20(21)16-25/h2-14H,15,17H2,1H3. The van der Waals surface area contributed by atoms with Crippen LogP contribution < -0.4 is 0 Å². The number of rotatable bonds is 6. The maximum atomic E-state index is 9.35. The number of nitrogens with zero attached hydrogens (tertiary/aromatic N) is 4. The average molecular weight is 397 g/mol. The molecule has 0 N–H and O–H groups in total. The number of aromatic nitrogens is 3. The molecule has 0 saturated carbocycles. The topological polar surface area (TPSA) is 54.5 Å². The second-order valence-electron chi connectivity index (χ2n) is 6.79. The van der Waals surface area contributed by atoms with Crippen molar-refractivity contribution >= 4 is 11.8 Å². The zero-order valence-corrected chi connectivity index (χ0v) is 16.9. The second kappa shape index (κ2) is 8.76. The van der Waals surface area contributed by atoms with E-state index in [2.05, 4.69) is 64.2 Å². The molecule has 142 valence electrons. The van der Waals surface area contributed by atoms with Crippen molar-refractivity contribution in [2.75, 3.05) is 0 Å². The van der Waals surface area contributed by atoms with Crippen LogP contribution in [0.25, 0.3) is 5.69 Å². The van der Waals surface area contributed by atoms with Crippen LogP contribution in [0.3, 0.4) is 0 Å². The third-order valence-electron chi connectivity index (χ3n) is 4.66. The maximum absolute atomic E-state index is 9.35. The van der Waals surface area contributed by atoms with Gasteiger partial charge in [0.1, 0.15) is 5.82 Å². The van der Waals surface area contributed by atoms with Crippen molar-refractivity contribution in [3.8, 4) is 11.8 Å². The van der Waals surface area contributed by atoms with Gasteiger partial charge in [0.15, 0.2) is 5.16 Å². The summed E-state index contributed by atoms with van der Waals surface area (Å²) in [5.41, 5.74) is 5.14. The van der Waals surface area contributed by atoms with Crippen LogP contribution in [-0.4, -0.2) is 14.8 Å². The normalized spacial score (nSPS) is 10.6. The van der Waals surface area contributed by atoms with E-state index in [4.69, 9.17) is 0 Å². The molecule has 1 heterocycles. The van der Waals surface area contributed by atoms with Crippen LogP contribution in [0.2, 0.25) is 0 Å². The van der Waals surface area contributed by atoms with E-state index in [1.54, 1.807) is 11.8 Å². The van der Waals surface area contributed by atoms with Crippen LogP contribution in [0, 0.1) is 18.3 Å². The first kappa shape index (κ1) is 19.0. The van der Waals surface area contributed by atoms with Gasteiger partial charge in [-0.25, -0.2) is 0 Å². The highest BCUT2D eigenvalue weighted by atomic mass is 32.2. The molecule has 0 aliphatic carbocycles. The molecule has 0 aliphatic rings. The molecule has 4 rings (SSSR count). The van der Waals surface area contributed by atoms with Crippen molar-refractivity contribution in [1.82, 2.24) is 14.8 Å². The molecule has 0 amide bonds. The van der Waals surface area contributed by atoms with Crippen molar-refractivity contribution < 1.29 is 0 Å². The first-order valence-corrected chi connectivity index (χ1v) is 10.4. The summed E-state index contributed by atoms with van der Waals surface area (Å²) in [6.07, 6.45) is 0.705. The van der Waals surface area contributed by atoms with Crippen LogP contribution >= 0.6 is 11.8 Å². The van der Waals surface area contributed by atoms with E-state index in [0.717, 1.165) is 22.2 Å². The molecular formula is C24H20N4S. The summed E-state index contributed by atoms with van der Waals surface area (Å²) in [7, 11) is 0. The summed E-state index contributed by atoms with van der Waals surface area (Å²) in [4.78, 5) is 0. The van der Waals surface area contributed by atoms with Crippen molar-refractivity contribution in [3.63, 3.8) is 0 Å². The van der Waals surface area contributed by atoms with E-state index < -0.39 is 0 Å². The molecule has 4 aromatic rings. The Morgan fingerprint density at radius 3 is 2.52 bits per heavy atom. The number of thioether (sulfide) groups is 1. The highest BCUT2D eigenvalue weighted by molar-refractivity contribution is 7.98. The van der Waals surface area contributed by atoms with Gasteiger partial charge >= 0.3 is 0 Å². The van der Waals surface area contributed by atoms with Gasteiger partial charge in [0.2, 0.25) is 0 Å². The summed E-state index contributed by atoms with van der Waals surface area (Å²) in [6, 6.07) is 28.6. The van der Waals surface area contributed by atoms with E-state index in [1.807, 2.05) is 42.5 Å². The van der Waals surface area contributed by atoms with Crippen LogP contribution in [0.15, 0.2) is 84.0 Å². The fourth-order valence-electron chi connectivity index (χ4n) is 3.21. The lowest BCUT2D eigenvalue weighted by Gasteiger charge is -2.11. The molecule has 4 nitrogen and oxygen atoms in total. The Hall–Kier alpha value is -3.36. The van der Waals surface area contributed by atoms with E-state index in [0.29, 0.717) is 17.7 Å². The minimum Gasteiger partial charge on any atom is -0.274 e. The molecular weight excluding hydrogens is 376 g/mol. The molecule has 0 aliphatic heterocycles. The number of aryl methyl sites for hydroxylation is 1. The lowest BCUT2D eigenvalue weighted by molar-refractivity contribution is 0.846. The van der Waals surface area contributed by atoms with Crippen molar-refractivity contribution in [2.24, 2.45) is 0 Å². The smallest absolute Gasteiger partial charge is 0.196 e. The minimum absolute atomic E-state index is 0.666. The Kier molecular flexibility index (Phi) is 5.73. The molecule has 3 aromatic carbocycles. The Morgan fingerprint density at radius 2 is 1.72 bits per heavy atom. The molecule has 0 radical (unpaired) electrons. The van der Waals surface area contributed by atoms with Crippen LogP contribution in [0.4, 0.5) is 0 Å². The quantitative estimate of drug-likeness (QED) is 0.413. The second-order valence-corrected chi connectivity index (χ2v) is 7.74. The zero-order chi connectivity index (χ0) is 20.1. The summed E-state index contributed by atoms with van der Waals surface area (Å²) < 4.78 is 2.12. The fraction of sp³-hybridized carbons (Fsp3) is 0.125. The van der Waals surface area contributed by atoms with Gasteiger partial charge in [-0.05, 0) is 41.8 Å². The Labute approximate surface area is 174 Å². The van der Waals surface area contributed by atoms with Crippen molar-refractivity contribution in [1.29, 1.82) is 5.26 Å². The Bertz CT molecular complexity index is 1160. The zero-order valence-electron chi connectivity index (χ0n) is 16.1. The van der Waals surface area contributed by atoms with Gasteiger partial charge in [-0.1, -0.05) is 72.4 Å². The molecule has 29 heavy (non-hydrogen) atoms. The lowest BCUT2D eigenvalue weighted by Crippen LogP contribution is -2.04. The van der Waals surface area contributed by atoms with Crippen LogP contribution in [-0.2, 0) is 12.2 Å². The van der Waals surface area contributed by atoms with Crippen LogP contribution in [0.5, 0.6) is 0 Å². The lowest BCUT2D eigenvalue weighted by atomic mass is 10.1. The number of benzene rings is 3. The Balaban J connectivity index is 1.69. The Morgan fingerprint density at radius 1 is 0.931 bits per heavy atom. The largest absolute Gasteiger partial charge is 0.274 e. The average Bonchev–Trinajstić information content (AvgIpc) is 3.15.